The van der Waals surface area contributed by atoms with E-state index in [4.69, 9.17) is 9.72 Å². The molecule has 0 atom stereocenters. The maximum Gasteiger partial charge on any atom is 0.242 e. The van der Waals surface area contributed by atoms with Crippen LogP contribution in [0.15, 0.2) is 65.8 Å². The number of aryl methyl sites for hydroxylation is 1. The van der Waals surface area contributed by atoms with Crippen molar-refractivity contribution in [2.45, 2.75) is 37.6 Å². The summed E-state index contributed by atoms with van der Waals surface area (Å²) in [5.41, 5.74) is 6.35. The molecule has 0 bridgehead atoms. The van der Waals surface area contributed by atoms with Gasteiger partial charge in [0.2, 0.25) is 10.0 Å². The first-order chi connectivity index (χ1) is 19.8. The average molecular weight is 572 g/mol. The molecule has 2 aliphatic heterocycles. The van der Waals surface area contributed by atoms with Crippen molar-refractivity contribution < 1.29 is 13.2 Å². The Bertz CT molecular complexity index is 1680. The van der Waals surface area contributed by atoms with Gasteiger partial charge in [-0.2, -0.15) is 0 Å². The van der Waals surface area contributed by atoms with Gasteiger partial charge in [0.25, 0.3) is 0 Å². The molecule has 3 heterocycles. The lowest BCUT2D eigenvalue weighted by Gasteiger charge is -2.31. The van der Waals surface area contributed by atoms with E-state index < -0.39 is 10.0 Å². The molecule has 41 heavy (non-hydrogen) atoms. The molecule has 6 rings (SSSR count). The van der Waals surface area contributed by atoms with Crippen molar-refractivity contribution in [3.05, 3.63) is 77.6 Å². The van der Waals surface area contributed by atoms with Crippen molar-refractivity contribution in [2.75, 3.05) is 45.2 Å². The van der Waals surface area contributed by atoms with Gasteiger partial charge in [0, 0.05) is 32.1 Å². The van der Waals surface area contributed by atoms with Crippen LogP contribution in [-0.2, 0) is 23.0 Å². The van der Waals surface area contributed by atoms with Crippen molar-refractivity contribution in [3.63, 3.8) is 0 Å². The number of hydrogen-bond acceptors (Lipinski definition) is 7. The molecule has 0 aliphatic carbocycles. The second-order valence-corrected chi connectivity index (χ2v) is 13.2. The van der Waals surface area contributed by atoms with E-state index in [0.717, 1.165) is 83.6 Å². The summed E-state index contributed by atoms with van der Waals surface area (Å²) in [6.45, 7) is 5.91. The Morgan fingerprint density at radius 3 is 2.66 bits per heavy atom. The van der Waals surface area contributed by atoms with Crippen molar-refractivity contribution in [3.8, 4) is 16.9 Å². The minimum atomic E-state index is -3.58. The highest BCUT2D eigenvalue weighted by Crippen LogP contribution is 2.35. The third-order valence-corrected chi connectivity index (χ3v) is 10.3. The Kier molecular flexibility index (Phi) is 7.68. The van der Waals surface area contributed by atoms with Crippen LogP contribution in [0.1, 0.15) is 29.5 Å². The van der Waals surface area contributed by atoms with E-state index >= 15 is 0 Å². The predicted octanol–water partition coefficient (Wildman–Crippen LogP) is 4.80. The Hall–Kier alpha value is -3.53. The minimum absolute atomic E-state index is 0.359. The van der Waals surface area contributed by atoms with Crippen LogP contribution in [0.25, 0.3) is 22.0 Å². The summed E-state index contributed by atoms with van der Waals surface area (Å²) in [6, 6.07) is 18.0. The van der Waals surface area contributed by atoms with E-state index in [2.05, 4.69) is 40.3 Å². The van der Waals surface area contributed by atoms with Gasteiger partial charge in [0.15, 0.2) is 0 Å². The second kappa shape index (κ2) is 11.4. The maximum atomic E-state index is 13.5. The van der Waals surface area contributed by atoms with Gasteiger partial charge >= 0.3 is 0 Å². The SMILES string of the molecule is COc1cccc(-c2cc(C)c3ncnc(N4CCc5ccc(S(=O)(=O)N(C)CC6CCNCC6)cc5C4)c3c2)c1. The highest BCUT2D eigenvalue weighted by Gasteiger charge is 2.27. The fourth-order valence-electron chi connectivity index (χ4n) is 6.13. The molecule has 1 fully saturated rings. The van der Waals surface area contributed by atoms with Crippen molar-refractivity contribution in [1.29, 1.82) is 0 Å². The number of nitrogens with zero attached hydrogens (tertiary/aromatic N) is 4. The van der Waals surface area contributed by atoms with Gasteiger partial charge in [-0.25, -0.2) is 22.7 Å². The minimum Gasteiger partial charge on any atom is -0.497 e. The first-order valence-electron chi connectivity index (χ1n) is 14.3. The predicted molar refractivity (Wildman–Crippen MR) is 163 cm³/mol. The molecular formula is C32H37N5O3S. The molecule has 2 aliphatic rings. The van der Waals surface area contributed by atoms with Crippen LogP contribution in [0.5, 0.6) is 5.75 Å². The zero-order valence-corrected chi connectivity index (χ0v) is 24.7. The number of ether oxygens (including phenoxy) is 1. The summed E-state index contributed by atoms with van der Waals surface area (Å²) < 4.78 is 34.1. The van der Waals surface area contributed by atoms with Gasteiger partial charge < -0.3 is 15.0 Å². The summed E-state index contributed by atoms with van der Waals surface area (Å²) in [6.07, 6.45) is 4.46. The monoisotopic (exact) mass is 571 g/mol. The highest BCUT2D eigenvalue weighted by atomic mass is 32.2. The van der Waals surface area contributed by atoms with Gasteiger partial charge in [-0.1, -0.05) is 18.2 Å². The number of sulfonamides is 1. The first-order valence-corrected chi connectivity index (χ1v) is 15.7. The average Bonchev–Trinajstić information content (AvgIpc) is 3.00. The van der Waals surface area contributed by atoms with E-state index in [9.17, 15) is 8.42 Å². The third-order valence-electron chi connectivity index (χ3n) is 8.48. The number of methoxy groups -OCH3 is 1. The van der Waals surface area contributed by atoms with Crippen LogP contribution < -0.4 is 15.0 Å². The maximum absolute atomic E-state index is 13.5. The fraction of sp³-hybridized carbons (Fsp3) is 0.375. The summed E-state index contributed by atoms with van der Waals surface area (Å²) in [5.74, 6) is 2.06. The molecular weight excluding hydrogens is 534 g/mol. The molecule has 0 radical (unpaired) electrons. The lowest BCUT2D eigenvalue weighted by molar-refractivity contribution is 0.311. The van der Waals surface area contributed by atoms with Crippen LogP contribution in [0.3, 0.4) is 0 Å². The van der Waals surface area contributed by atoms with Crippen LogP contribution in [0.2, 0.25) is 0 Å². The summed E-state index contributed by atoms with van der Waals surface area (Å²) >= 11 is 0. The number of aromatic nitrogens is 2. The van der Waals surface area contributed by atoms with Gasteiger partial charge in [0.05, 0.1) is 17.5 Å². The van der Waals surface area contributed by atoms with Gasteiger partial charge in [-0.15, -0.1) is 0 Å². The molecule has 1 N–H and O–H groups in total. The molecule has 1 aromatic heterocycles. The fourth-order valence-corrected chi connectivity index (χ4v) is 7.43. The summed E-state index contributed by atoms with van der Waals surface area (Å²) in [7, 11) is -0.196. The van der Waals surface area contributed by atoms with Crippen LogP contribution in [-0.4, -0.2) is 63.0 Å². The van der Waals surface area contributed by atoms with Crippen molar-refractivity contribution >= 4 is 26.7 Å². The van der Waals surface area contributed by atoms with Crippen LogP contribution in [0.4, 0.5) is 5.82 Å². The third kappa shape index (κ3) is 5.54. The van der Waals surface area contributed by atoms with E-state index in [1.807, 2.05) is 30.3 Å². The molecule has 3 aromatic carbocycles. The van der Waals surface area contributed by atoms with Crippen LogP contribution in [0, 0.1) is 12.8 Å². The molecule has 0 spiro atoms. The zero-order chi connectivity index (χ0) is 28.6. The smallest absolute Gasteiger partial charge is 0.242 e. The first kappa shape index (κ1) is 27.6. The highest BCUT2D eigenvalue weighted by molar-refractivity contribution is 7.89. The Morgan fingerprint density at radius 2 is 1.85 bits per heavy atom. The zero-order valence-electron chi connectivity index (χ0n) is 23.9. The molecule has 8 nitrogen and oxygen atoms in total. The standard InChI is InChI=1S/C32H37N5O3S/c1-22-15-26(25-5-4-6-28(16-25)40-3)18-30-31(22)34-21-35-32(30)37-14-11-24-7-8-29(17-27(24)20-37)41(38,39)36(2)19-23-9-12-33-13-10-23/h4-8,15-18,21,23,33H,9-14,19-20H2,1-3H3. The number of hydrogen-bond donors (Lipinski definition) is 1. The quantitative estimate of drug-likeness (QED) is 0.341. The van der Waals surface area contributed by atoms with E-state index in [1.54, 1.807) is 26.6 Å². The Balaban J connectivity index is 1.31. The molecule has 9 heteroatoms. The number of rotatable bonds is 7. The lowest BCUT2D eigenvalue weighted by Crippen LogP contribution is -2.37. The van der Waals surface area contributed by atoms with E-state index in [1.165, 1.54) is 9.87 Å². The number of anilines is 1. The van der Waals surface area contributed by atoms with E-state index in [0.29, 0.717) is 23.9 Å². The molecule has 1 saturated heterocycles. The molecule has 0 unspecified atom stereocenters. The van der Waals surface area contributed by atoms with Crippen molar-refractivity contribution in [1.82, 2.24) is 19.6 Å². The molecule has 0 saturated carbocycles. The van der Waals surface area contributed by atoms with E-state index in [-0.39, 0.29) is 0 Å². The molecule has 0 amide bonds. The summed E-state index contributed by atoms with van der Waals surface area (Å²) in [5, 5.41) is 4.34. The normalized spacial score (nSPS) is 16.2. The second-order valence-electron chi connectivity index (χ2n) is 11.2. The Labute approximate surface area is 242 Å². The van der Waals surface area contributed by atoms with Crippen LogP contribution >= 0.6 is 0 Å². The number of benzene rings is 3. The van der Waals surface area contributed by atoms with Crippen molar-refractivity contribution in [2.24, 2.45) is 5.92 Å². The van der Waals surface area contributed by atoms with Gasteiger partial charge in [-0.3, -0.25) is 0 Å². The summed E-state index contributed by atoms with van der Waals surface area (Å²) in [4.78, 5) is 12.0. The Morgan fingerprint density at radius 1 is 1.02 bits per heavy atom. The van der Waals surface area contributed by atoms with Gasteiger partial charge in [0.1, 0.15) is 17.9 Å². The number of nitrogens with one attached hydrogen (secondary N) is 1. The topological polar surface area (TPSA) is 87.7 Å². The molecule has 4 aromatic rings. The number of piperidine rings is 1. The largest absolute Gasteiger partial charge is 0.497 e. The molecule has 214 valence electrons. The number of fused-ring (bicyclic) bond motifs is 2. The lowest BCUT2D eigenvalue weighted by atomic mass is 9.98. The van der Waals surface area contributed by atoms with Gasteiger partial charge in [-0.05, 0) is 109 Å².